The minimum absolute atomic E-state index is 0.217. The van der Waals surface area contributed by atoms with Crippen LogP contribution in [0.2, 0.25) is 0 Å². The Kier molecular flexibility index (Phi) is 2.89. The molecule has 76 valence electrons. The summed E-state index contributed by atoms with van der Waals surface area (Å²) in [5.41, 5.74) is 2.39. The molecule has 0 bridgehead atoms. The van der Waals surface area contributed by atoms with Crippen LogP contribution in [-0.2, 0) is 0 Å². The fraction of sp³-hybridized carbons (Fsp3) is 0.455. The second-order valence-corrected chi connectivity index (χ2v) is 3.51. The molecule has 1 aliphatic heterocycles. The molecule has 3 heteroatoms. The molecule has 3 nitrogen and oxygen atoms in total. The SMILES string of the molecule is OCCN1CCCNc2ccccc21. The van der Waals surface area contributed by atoms with Crippen LogP contribution in [0.4, 0.5) is 11.4 Å². The van der Waals surface area contributed by atoms with Gasteiger partial charge in [-0.2, -0.15) is 0 Å². The van der Waals surface area contributed by atoms with E-state index < -0.39 is 0 Å². The molecule has 0 aliphatic carbocycles. The summed E-state index contributed by atoms with van der Waals surface area (Å²) in [5.74, 6) is 0. The van der Waals surface area contributed by atoms with Crippen molar-refractivity contribution in [1.29, 1.82) is 0 Å². The number of aliphatic hydroxyl groups is 1. The first-order valence-corrected chi connectivity index (χ1v) is 5.10. The molecule has 14 heavy (non-hydrogen) atoms. The summed E-state index contributed by atoms with van der Waals surface area (Å²) in [6, 6.07) is 8.26. The largest absolute Gasteiger partial charge is 0.395 e. The number of hydrogen-bond acceptors (Lipinski definition) is 3. The third-order valence-electron chi connectivity index (χ3n) is 2.53. The van der Waals surface area contributed by atoms with Crippen LogP contribution in [0.5, 0.6) is 0 Å². The van der Waals surface area contributed by atoms with Gasteiger partial charge in [0.1, 0.15) is 0 Å². The molecule has 0 spiro atoms. The standard InChI is InChI=1S/C11H16N2O/c14-9-8-13-7-3-6-12-10-4-1-2-5-11(10)13/h1-2,4-5,12,14H,3,6-9H2. The Morgan fingerprint density at radius 3 is 3.07 bits per heavy atom. The van der Waals surface area contributed by atoms with Crippen molar-refractivity contribution in [3.63, 3.8) is 0 Å². The summed E-state index contributed by atoms with van der Waals surface area (Å²) in [6.07, 6.45) is 1.12. The van der Waals surface area contributed by atoms with E-state index in [4.69, 9.17) is 5.11 Å². The van der Waals surface area contributed by atoms with Crippen LogP contribution in [-0.4, -0.2) is 31.3 Å². The normalized spacial score (nSPS) is 15.6. The van der Waals surface area contributed by atoms with Crippen LogP contribution in [0.25, 0.3) is 0 Å². The fourth-order valence-corrected chi connectivity index (χ4v) is 1.87. The van der Waals surface area contributed by atoms with E-state index in [9.17, 15) is 0 Å². The van der Waals surface area contributed by atoms with E-state index in [-0.39, 0.29) is 6.61 Å². The number of fused-ring (bicyclic) bond motifs is 1. The highest BCUT2D eigenvalue weighted by Crippen LogP contribution is 2.27. The van der Waals surface area contributed by atoms with Gasteiger partial charge in [-0.25, -0.2) is 0 Å². The Balaban J connectivity index is 2.27. The molecule has 2 rings (SSSR count). The molecule has 0 radical (unpaired) electrons. The molecular formula is C11H16N2O. The van der Waals surface area contributed by atoms with E-state index in [0.29, 0.717) is 0 Å². The second kappa shape index (κ2) is 4.33. The van der Waals surface area contributed by atoms with Gasteiger partial charge in [-0.15, -0.1) is 0 Å². The predicted molar refractivity (Wildman–Crippen MR) is 58.8 cm³/mol. The number of β-amino-alcohol motifs (C(OH)–C–C–N with tert-alkyl or cyclic N) is 1. The van der Waals surface area contributed by atoms with Crippen LogP contribution in [0.3, 0.4) is 0 Å². The van der Waals surface area contributed by atoms with Gasteiger partial charge in [0.15, 0.2) is 0 Å². The first kappa shape index (κ1) is 9.34. The summed E-state index contributed by atoms with van der Waals surface area (Å²) >= 11 is 0. The van der Waals surface area contributed by atoms with Gasteiger partial charge in [-0.3, -0.25) is 0 Å². The lowest BCUT2D eigenvalue weighted by molar-refractivity contribution is 0.302. The molecule has 0 amide bonds. The number of anilines is 2. The van der Waals surface area contributed by atoms with Crippen molar-refractivity contribution < 1.29 is 5.11 Å². The van der Waals surface area contributed by atoms with Crippen LogP contribution < -0.4 is 10.2 Å². The zero-order valence-corrected chi connectivity index (χ0v) is 8.24. The summed E-state index contributed by atoms with van der Waals surface area (Å²) in [4.78, 5) is 2.23. The van der Waals surface area contributed by atoms with Crippen LogP contribution in [0, 0.1) is 0 Å². The third-order valence-corrected chi connectivity index (χ3v) is 2.53. The topological polar surface area (TPSA) is 35.5 Å². The maximum atomic E-state index is 8.97. The van der Waals surface area contributed by atoms with Crippen molar-refractivity contribution in [3.8, 4) is 0 Å². The molecule has 0 aromatic heterocycles. The Labute approximate surface area is 84.4 Å². The molecule has 1 heterocycles. The van der Waals surface area contributed by atoms with Crippen molar-refractivity contribution in [2.45, 2.75) is 6.42 Å². The molecular weight excluding hydrogens is 176 g/mol. The second-order valence-electron chi connectivity index (χ2n) is 3.51. The highest BCUT2D eigenvalue weighted by Gasteiger charge is 2.12. The molecule has 1 aromatic rings. The quantitative estimate of drug-likeness (QED) is 0.741. The zero-order valence-electron chi connectivity index (χ0n) is 8.24. The lowest BCUT2D eigenvalue weighted by Crippen LogP contribution is -2.27. The minimum Gasteiger partial charge on any atom is -0.395 e. The van der Waals surface area contributed by atoms with E-state index in [2.05, 4.69) is 22.3 Å². The molecule has 1 aromatic carbocycles. The fourth-order valence-electron chi connectivity index (χ4n) is 1.87. The lowest BCUT2D eigenvalue weighted by Gasteiger charge is -2.23. The predicted octanol–water partition coefficient (Wildman–Crippen LogP) is 1.30. The lowest BCUT2D eigenvalue weighted by atomic mass is 10.2. The van der Waals surface area contributed by atoms with Gasteiger partial charge in [-0.05, 0) is 18.6 Å². The number of benzene rings is 1. The van der Waals surface area contributed by atoms with Gasteiger partial charge in [0.05, 0.1) is 18.0 Å². The van der Waals surface area contributed by atoms with E-state index in [0.717, 1.165) is 26.1 Å². The van der Waals surface area contributed by atoms with Gasteiger partial charge in [0.2, 0.25) is 0 Å². The van der Waals surface area contributed by atoms with E-state index in [1.165, 1.54) is 11.4 Å². The maximum Gasteiger partial charge on any atom is 0.0606 e. The molecule has 0 fully saturated rings. The van der Waals surface area contributed by atoms with Crippen molar-refractivity contribution in [2.75, 3.05) is 36.5 Å². The minimum atomic E-state index is 0.217. The summed E-state index contributed by atoms with van der Waals surface area (Å²) in [7, 11) is 0. The average molecular weight is 192 g/mol. The van der Waals surface area contributed by atoms with Crippen molar-refractivity contribution in [2.24, 2.45) is 0 Å². The van der Waals surface area contributed by atoms with E-state index in [1.807, 2.05) is 12.1 Å². The highest BCUT2D eigenvalue weighted by molar-refractivity contribution is 5.70. The summed E-state index contributed by atoms with van der Waals surface area (Å²) < 4.78 is 0. The molecule has 0 saturated heterocycles. The Hall–Kier alpha value is -1.22. The first-order valence-electron chi connectivity index (χ1n) is 5.10. The van der Waals surface area contributed by atoms with Crippen molar-refractivity contribution in [3.05, 3.63) is 24.3 Å². The number of para-hydroxylation sites is 2. The van der Waals surface area contributed by atoms with Crippen LogP contribution in [0.1, 0.15) is 6.42 Å². The number of aliphatic hydroxyl groups excluding tert-OH is 1. The van der Waals surface area contributed by atoms with Crippen LogP contribution in [0.15, 0.2) is 24.3 Å². The highest BCUT2D eigenvalue weighted by atomic mass is 16.3. The van der Waals surface area contributed by atoms with Gasteiger partial charge in [-0.1, -0.05) is 12.1 Å². The average Bonchev–Trinajstić information content (AvgIpc) is 2.42. The maximum absolute atomic E-state index is 8.97. The summed E-state index contributed by atoms with van der Waals surface area (Å²) in [6.45, 7) is 2.97. The third kappa shape index (κ3) is 1.82. The van der Waals surface area contributed by atoms with Crippen molar-refractivity contribution >= 4 is 11.4 Å². The number of nitrogens with zero attached hydrogens (tertiary/aromatic N) is 1. The van der Waals surface area contributed by atoms with E-state index >= 15 is 0 Å². The first-order chi connectivity index (χ1) is 6.92. The monoisotopic (exact) mass is 192 g/mol. The van der Waals surface area contributed by atoms with Gasteiger partial charge < -0.3 is 15.3 Å². The number of nitrogens with one attached hydrogen (secondary N) is 1. The Morgan fingerprint density at radius 1 is 1.36 bits per heavy atom. The molecule has 0 atom stereocenters. The van der Waals surface area contributed by atoms with Crippen molar-refractivity contribution in [1.82, 2.24) is 0 Å². The van der Waals surface area contributed by atoms with Crippen LogP contribution >= 0.6 is 0 Å². The van der Waals surface area contributed by atoms with E-state index in [1.54, 1.807) is 0 Å². The van der Waals surface area contributed by atoms with Gasteiger partial charge in [0, 0.05) is 19.6 Å². The number of rotatable bonds is 2. The Morgan fingerprint density at radius 2 is 2.21 bits per heavy atom. The number of hydrogen-bond donors (Lipinski definition) is 2. The molecule has 0 unspecified atom stereocenters. The summed E-state index contributed by atoms with van der Waals surface area (Å²) in [5, 5.41) is 12.4. The molecule has 2 N–H and O–H groups in total. The molecule has 1 aliphatic rings. The van der Waals surface area contributed by atoms with Gasteiger partial charge in [0.25, 0.3) is 0 Å². The smallest absolute Gasteiger partial charge is 0.0606 e. The van der Waals surface area contributed by atoms with Gasteiger partial charge >= 0.3 is 0 Å². The Bertz CT molecular complexity index is 301. The molecule has 0 saturated carbocycles. The zero-order chi connectivity index (χ0) is 9.80.